The molecule has 2 fully saturated rings. The van der Waals surface area contributed by atoms with Crippen molar-refractivity contribution in [1.82, 2.24) is 24.8 Å². The van der Waals surface area contributed by atoms with E-state index in [1.807, 2.05) is 25.1 Å². The summed E-state index contributed by atoms with van der Waals surface area (Å²) in [6.45, 7) is 9.28. The van der Waals surface area contributed by atoms with E-state index >= 15 is 0 Å². The molecule has 1 aliphatic heterocycles. The molecule has 1 aliphatic carbocycles. The van der Waals surface area contributed by atoms with E-state index in [0.717, 1.165) is 41.6 Å². The van der Waals surface area contributed by atoms with E-state index in [9.17, 15) is 9.90 Å². The average Bonchev–Trinajstić information content (AvgIpc) is 3.22. The second kappa shape index (κ2) is 10.5. The molecule has 2 aromatic heterocycles. The van der Waals surface area contributed by atoms with Crippen LogP contribution in [0.5, 0.6) is 0 Å². The number of benzene rings is 1. The molecular weight excluding hydrogens is 470 g/mol. The van der Waals surface area contributed by atoms with E-state index < -0.39 is 6.09 Å². The Balaban J connectivity index is 1.71. The number of hydrogen-bond donors (Lipinski definition) is 3. The molecule has 0 spiro atoms. The first-order chi connectivity index (χ1) is 17.8. The molecular formula is C27H35N7O3. The number of morpholine rings is 1. The number of aryl methyl sites for hydroxylation is 1. The molecule has 0 radical (unpaired) electrons. The molecule has 10 heteroatoms. The molecule has 5 rings (SSSR count). The first-order valence-corrected chi connectivity index (χ1v) is 13.1. The predicted octanol–water partition coefficient (Wildman–Crippen LogP) is 4.45. The summed E-state index contributed by atoms with van der Waals surface area (Å²) in [5, 5.41) is 19.5. The van der Waals surface area contributed by atoms with Crippen LogP contribution in [0.2, 0.25) is 0 Å². The minimum atomic E-state index is -1.33. The SMILES string of the molecule is Cc1cccc(-c2nc(C(=N)NC(=O)O)nc3nc(N4CCOC[C@@H]4C)n(CC4CCC(C)CC4)c23)c1. The number of fused-ring (bicyclic) bond motifs is 1. The van der Waals surface area contributed by atoms with E-state index in [-0.39, 0.29) is 17.7 Å². The number of hydrogen-bond acceptors (Lipinski definition) is 7. The van der Waals surface area contributed by atoms with Gasteiger partial charge in [0.1, 0.15) is 11.2 Å². The van der Waals surface area contributed by atoms with Gasteiger partial charge in [0.05, 0.1) is 19.3 Å². The van der Waals surface area contributed by atoms with Crippen molar-refractivity contribution in [2.24, 2.45) is 11.8 Å². The van der Waals surface area contributed by atoms with Gasteiger partial charge in [-0.05, 0) is 44.6 Å². The summed E-state index contributed by atoms with van der Waals surface area (Å²) in [5.74, 6) is 1.75. The molecule has 3 aromatic rings. The van der Waals surface area contributed by atoms with Crippen LogP contribution >= 0.6 is 0 Å². The van der Waals surface area contributed by atoms with E-state index in [1.54, 1.807) is 0 Å². The molecule has 0 bridgehead atoms. The zero-order valence-corrected chi connectivity index (χ0v) is 21.7. The van der Waals surface area contributed by atoms with Gasteiger partial charge in [-0.1, -0.05) is 43.5 Å². The van der Waals surface area contributed by atoms with Crippen LogP contribution in [-0.2, 0) is 11.3 Å². The molecule has 3 N–H and O–H groups in total. The van der Waals surface area contributed by atoms with Gasteiger partial charge in [-0.25, -0.2) is 14.8 Å². The van der Waals surface area contributed by atoms with Gasteiger partial charge in [0, 0.05) is 18.7 Å². The number of rotatable bonds is 5. The lowest BCUT2D eigenvalue weighted by Crippen LogP contribution is -2.45. The van der Waals surface area contributed by atoms with Crippen LogP contribution in [0.4, 0.5) is 10.7 Å². The monoisotopic (exact) mass is 505 g/mol. The highest BCUT2D eigenvalue weighted by Gasteiger charge is 2.30. The first-order valence-electron chi connectivity index (χ1n) is 13.1. The third-order valence-corrected chi connectivity index (χ3v) is 7.53. The number of nitrogens with one attached hydrogen (secondary N) is 2. The highest BCUT2D eigenvalue weighted by atomic mass is 16.5. The number of carbonyl (C=O) groups is 1. The van der Waals surface area contributed by atoms with E-state index in [4.69, 9.17) is 20.1 Å². The number of amides is 1. The fourth-order valence-corrected chi connectivity index (χ4v) is 5.48. The lowest BCUT2D eigenvalue weighted by Gasteiger charge is -2.35. The zero-order valence-electron chi connectivity index (χ0n) is 21.7. The molecule has 1 saturated heterocycles. The van der Waals surface area contributed by atoms with Crippen molar-refractivity contribution < 1.29 is 14.6 Å². The molecule has 1 amide bonds. The number of imidazole rings is 1. The van der Waals surface area contributed by atoms with Crippen LogP contribution in [0.15, 0.2) is 24.3 Å². The molecule has 37 heavy (non-hydrogen) atoms. The van der Waals surface area contributed by atoms with Crippen molar-refractivity contribution in [3.05, 3.63) is 35.7 Å². The van der Waals surface area contributed by atoms with Crippen LogP contribution in [-0.4, -0.2) is 62.4 Å². The highest BCUT2D eigenvalue weighted by molar-refractivity contribution is 6.03. The maximum atomic E-state index is 11.2. The van der Waals surface area contributed by atoms with Gasteiger partial charge >= 0.3 is 6.09 Å². The maximum absolute atomic E-state index is 11.2. The van der Waals surface area contributed by atoms with Crippen molar-refractivity contribution >= 4 is 29.0 Å². The lowest BCUT2D eigenvalue weighted by atomic mass is 9.83. The van der Waals surface area contributed by atoms with E-state index in [0.29, 0.717) is 30.5 Å². The Bertz CT molecular complexity index is 1310. The standard InChI is InChI=1S/C27H35N7O3/c1-16-7-9-19(10-8-16)14-34-22-21(20-6-4-5-17(2)13-20)29-25(23(28)30-27(35)36)31-24(22)32-26(34)33-11-12-37-15-18(33)3/h4-6,13,16,18-19H,7-12,14-15H2,1-3H3,(H2,28,30)(H,35,36)/t16?,18-,19?/m0/s1. The average molecular weight is 506 g/mol. The maximum Gasteiger partial charge on any atom is 0.410 e. The molecule has 1 atom stereocenters. The zero-order chi connectivity index (χ0) is 26.1. The number of anilines is 1. The van der Waals surface area contributed by atoms with Gasteiger partial charge in [0.2, 0.25) is 5.95 Å². The Labute approximate surface area is 216 Å². The summed E-state index contributed by atoms with van der Waals surface area (Å²) in [4.78, 5) is 27.9. The first kappa shape index (κ1) is 25.1. The van der Waals surface area contributed by atoms with Crippen molar-refractivity contribution in [1.29, 1.82) is 5.41 Å². The fourth-order valence-electron chi connectivity index (χ4n) is 5.48. The van der Waals surface area contributed by atoms with Gasteiger partial charge in [-0.2, -0.15) is 4.98 Å². The van der Waals surface area contributed by atoms with Crippen LogP contribution in [0.3, 0.4) is 0 Å². The molecule has 0 unspecified atom stereocenters. The van der Waals surface area contributed by atoms with Crippen molar-refractivity contribution in [2.45, 2.75) is 59.0 Å². The van der Waals surface area contributed by atoms with Crippen molar-refractivity contribution in [3.8, 4) is 11.3 Å². The van der Waals surface area contributed by atoms with Gasteiger partial charge in [0.15, 0.2) is 17.3 Å². The molecule has 3 heterocycles. The Kier molecular flexibility index (Phi) is 7.10. The Morgan fingerprint density at radius 3 is 2.68 bits per heavy atom. The van der Waals surface area contributed by atoms with Gasteiger partial charge in [-0.15, -0.1) is 0 Å². The Morgan fingerprint density at radius 2 is 1.97 bits per heavy atom. The minimum absolute atomic E-state index is 0.00382. The molecule has 10 nitrogen and oxygen atoms in total. The highest BCUT2D eigenvalue weighted by Crippen LogP contribution is 2.36. The molecule has 1 saturated carbocycles. The largest absolute Gasteiger partial charge is 0.465 e. The second-order valence-corrected chi connectivity index (χ2v) is 10.5. The second-order valence-electron chi connectivity index (χ2n) is 10.5. The molecule has 2 aliphatic rings. The summed E-state index contributed by atoms with van der Waals surface area (Å²) in [5.41, 5.74) is 3.92. The third kappa shape index (κ3) is 5.29. The smallest absolute Gasteiger partial charge is 0.410 e. The van der Waals surface area contributed by atoms with Crippen LogP contribution < -0.4 is 10.2 Å². The quantitative estimate of drug-likeness (QED) is 0.345. The van der Waals surface area contributed by atoms with Crippen molar-refractivity contribution in [3.63, 3.8) is 0 Å². The normalized spacial score (nSPS) is 22.2. The van der Waals surface area contributed by atoms with Crippen LogP contribution in [0.1, 0.15) is 50.9 Å². The lowest BCUT2D eigenvalue weighted by molar-refractivity contribution is 0.0976. The third-order valence-electron chi connectivity index (χ3n) is 7.53. The fraction of sp³-hybridized carbons (Fsp3) is 0.519. The number of aromatic nitrogens is 4. The van der Waals surface area contributed by atoms with Crippen molar-refractivity contribution in [2.75, 3.05) is 24.7 Å². The van der Waals surface area contributed by atoms with Gasteiger partial charge in [0.25, 0.3) is 0 Å². The number of ether oxygens (including phenoxy) is 1. The predicted molar refractivity (Wildman–Crippen MR) is 142 cm³/mol. The summed E-state index contributed by atoms with van der Waals surface area (Å²) < 4.78 is 7.98. The van der Waals surface area contributed by atoms with Gasteiger partial charge < -0.3 is 19.3 Å². The number of carboxylic acid groups (broad SMARTS) is 1. The molecule has 196 valence electrons. The van der Waals surface area contributed by atoms with E-state index in [2.05, 4.69) is 39.7 Å². The van der Waals surface area contributed by atoms with Gasteiger partial charge in [-0.3, -0.25) is 10.7 Å². The molecule has 1 aromatic carbocycles. The Hall–Kier alpha value is -3.53. The topological polar surface area (TPSA) is 129 Å². The summed E-state index contributed by atoms with van der Waals surface area (Å²) in [6, 6.07) is 8.20. The summed E-state index contributed by atoms with van der Waals surface area (Å²) >= 11 is 0. The van der Waals surface area contributed by atoms with Crippen LogP contribution in [0.25, 0.3) is 22.4 Å². The van der Waals surface area contributed by atoms with Crippen LogP contribution in [0, 0.1) is 24.2 Å². The summed E-state index contributed by atoms with van der Waals surface area (Å²) in [6.07, 6.45) is 3.47. The summed E-state index contributed by atoms with van der Waals surface area (Å²) in [7, 11) is 0. The minimum Gasteiger partial charge on any atom is -0.465 e. The Morgan fingerprint density at radius 1 is 1.19 bits per heavy atom. The number of nitrogens with zero attached hydrogens (tertiary/aromatic N) is 5. The van der Waals surface area contributed by atoms with E-state index in [1.165, 1.54) is 25.7 Å². The number of amidine groups is 1.